The standard InChI is InChI=1S/C11H20FN5/c1-5-17(6-7(2)3)11(16-8(4)12)9(13)10(14)15/h5,7H,1,6,13H2,2-4H3,(H3,14,15)/b11-9-,16-8?. The third-order valence-electron chi connectivity index (χ3n) is 1.85. The zero-order chi connectivity index (χ0) is 13.6. The van der Waals surface area contributed by atoms with Crippen molar-refractivity contribution in [2.45, 2.75) is 20.8 Å². The highest BCUT2D eigenvalue weighted by Gasteiger charge is 2.14. The van der Waals surface area contributed by atoms with Gasteiger partial charge >= 0.3 is 0 Å². The first-order valence-electron chi connectivity index (χ1n) is 5.23. The minimum absolute atomic E-state index is 0.0671. The van der Waals surface area contributed by atoms with E-state index in [1.165, 1.54) is 13.1 Å². The molecule has 0 saturated heterocycles. The summed E-state index contributed by atoms with van der Waals surface area (Å²) in [6.45, 7) is 9.36. The number of amidine groups is 1. The highest BCUT2D eigenvalue weighted by atomic mass is 19.1. The minimum atomic E-state index is -0.653. The van der Waals surface area contributed by atoms with E-state index >= 15 is 0 Å². The topological polar surface area (TPSA) is 91.5 Å². The molecule has 5 N–H and O–H groups in total. The number of nitrogens with two attached hydrogens (primary N) is 2. The van der Waals surface area contributed by atoms with Crippen molar-refractivity contribution < 1.29 is 4.39 Å². The van der Waals surface area contributed by atoms with Crippen LogP contribution in [-0.4, -0.2) is 23.2 Å². The fourth-order valence-corrected chi connectivity index (χ4v) is 1.19. The summed E-state index contributed by atoms with van der Waals surface area (Å²) in [5.41, 5.74) is 10.8. The van der Waals surface area contributed by atoms with Crippen LogP contribution >= 0.6 is 0 Å². The number of rotatable bonds is 6. The zero-order valence-corrected chi connectivity index (χ0v) is 10.5. The van der Waals surface area contributed by atoms with Crippen LogP contribution in [0.4, 0.5) is 4.39 Å². The normalized spacial score (nSPS) is 13.4. The lowest BCUT2D eigenvalue weighted by molar-refractivity contribution is 0.391. The predicted octanol–water partition coefficient (Wildman–Crippen LogP) is 1.54. The molecule has 0 aliphatic rings. The number of hydrogen-bond acceptors (Lipinski definition) is 4. The molecule has 0 aromatic carbocycles. The lowest BCUT2D eigenvalue weighted by Crippen LogP contribution is -2.29. The number of nitrogens with zero attached hydrogens (tertiary/aromatic N) is 2. The lowest BCUT2D eigenvalue weighted by atomic mass is 10.2. The first-order valence-corrected chi connectivity index (χ1v) is 5.23. The Morgan fingerprint density at radius 3 is 2.35 bits per heavy atom. The van der Waals surface area contributed by atoms with Crippen molar-refractivity contribution in [3.05, 3.63) is 24.3 Å². The molecule has 6 heteroatoms. The van der Waals surface area contributed by atoms with Gasteiger partial charge in [-0.15, -0.1) is 0 Å². The summed E-state index contributed by atoms with van der Waals surface area (Å²) >= 11 is 0. The van der Waals surface area contributed by atoms with Crippen LogP contribution in [0, 0.1) is 11.3 Å². The Balaban J connectivity index is 5.45. The van der Waals surface area contributed by atoms with Crippen LogP contribution in [0.15, 0.2) is 29.3 Å². The van der Waals surface area contributed by atoms with Crippen molar-refractivity contribution >= 4 is 11.8 Å². The van der Waals surface area contributed by atoms with Crippen molar-refractivity contribution in [3.8, 4) is 0 Å². The molecule has 0 aromatic heterocycles. The van der Waals surface area contributed by atoms with E-state index < -0.39 is 5.97 Å². The van der Waals surface area contributed by atoms with Gasteiger partial charge in [0.25, 0.3) is 0 Å². The maximum atomic E-state index is 12.9. The highest BCUT2D eigenvalue weighted by molar-refractivity contribution is 5.94. The number of hydrogen-bond donors (Lipinski definition) is 3. The van der Waals surface area contributed by atoms with Gasteiger partial charge in [0.2, 0.25) is 0 Å². The van der Waals surface area contributed by atoms with Crippen molar-refractivity contribution in [2.24, 2.45) is 22.4 Å². The first-order chi connectivity index (χ1) is 7.79. The van der Waals surface area contributed by atoms with Crippen LogP contribution in [0.25, 0.3) is 0 Å². The molecule has 0 heterocycles. The molecular formula is C11H20FN5. The van der Waals surface area contributed by atoms with E-state index in [0.29, 0.717) is 12.5 Å². The average Bonchev–Trinajstić information content (AvgIpc) is 2.21. The fourth-order valence-electron chi connectivity index (χ4n) is 1.19. The molecule has 17 heavy (non-hydrogen) atoms. The van der Waals surface area contributed by atoms with Crippen LogP contribution in [0.1, 0.15) is 20.8 Å². The van der Waals surface area contributed by atoms with Crippen LogP contribution < -0.4 is 11.5 Å². The Labute approximate surface area is 101 Å². The summed E-state index contributed by atoms with van der Waals surface area (Å²) in [7, 11) is 0. The number of nitrogens with one attached hydrogen (secondary N) is 1. The van der Waals surface area contributed by atoms with Gasteiger partial charge in [-0.2, -0.15) is 4.39 Å². The number of aliphatic imine (C=N–C) groups is 1. The summed E-state index contributed by atoms with van der Waals surface area (Å²) in [5, 5.41) is 7.27. The quantitative estimate of drug-likeness (QED) is 0.486. The number of halogens is 1. The van der Waals surface area contributed by atoms with Crippen molar-refractivity contribution in [3.63, 3.8) is 0 Å². The summed E-state index contributed by atoms with van der Waals surface area (Å²) in [6, 6.07) is 0. The lowest BCUT2D eigenvalue weighted by Gasteiger charge is -2.23. The van der Waals surface area contributed by atoms with Gasteiger partial charge in [-0.05, 0) is 12.1 Å². The molecule has 0 unspecified atom stereocenters. The molecule has 0 aromatic rings. The van der Waals surface area contributed by atoms with Gasteiger partial charge < -0.3 is 16.4 Å². The Bertz CT molecular complexity index is 353. The van der Waals surface area contributed by atoms with E-state index in [1.54, 1.807) is 4.90 Å². The van der Waals surface area contributed by atoms with E-state index in [-0.39, 0.29) is 17.4 Å². The Kier molecular flexibility index (Phi) is 5.95. The molecular weight excluding hydrogens is 221 g/mol. The Morgan fingerprint density at radius 2 is 2.06 bits per heavy atom. The van der Waals surface area contributed by atoms with Crippen LogP contribution in [0.2, 0.25) is 0 Å². The van der Waals surface area contributed by atoms with Crippen LogP contribution in [-0.2, 0) is 0 Å². The largest absolute Gasteiger partial charge is 0.393 e. The van der Waals surface area contributed by atoms with Gasteiger partial charge in [-0.3, -0.25) is 5.41 Å². The molecule has 0 amide bonds. The van der Waals surface area contributed by atoms with E-state index in [4.69, 9.17) is 16.9 Å². The predicted molar refractivity (Wildman–Crippen MR) is 69.1 cm³/mol. The molecule has 0 rings (SSSR count). The van der Waals surface area contributed by atoms with Crippen molar-refractivity contribution in [1.82, 2.24) is 4.90 Å². The Morgan fingerprint density at radius 1 is 1.53 bits per heavy atom. The molecule has 96 valence electrons. The fraction of sp³-hybridized carbons (Fsp3) is 0.455. The third-order valence-corrected chi connectivity index (χ3v) is 1.85. The molecule has 0 atom stereocenters. The second-order valence-corrected chi connectivity index (χ2v) is 3.99. The summed E-state index contributed by atoms with van der Waals surface area (Å²) in [6.07, 6.45) is 1.48. The Hall–Kier alpha value is -1.85. The molecule has 0 bridgehead atoms. The van der Waals surface area contributed by atoms with E-state index in [0.717, 1.165) is 0 Å². The van der Waals surface area contributed by atoms with Gasteiger partial charge in [0.05, 0.1) is 0 Å². The average molecular weight is 241 g/mol. The van der Waals surface area contributed by atoms with E-state index in [2.05, 4.69) is 11.6 Å². The highest BCUT2D eigenvalue weighted by Crippen LogP contribution is 2.13. The van der Waals surface area contributed by atoms with Crippen LogP contribution in [0.3, 0.4) is 0 Å². The molecule has 0 aliphatic heterocycles. The second-order valence-electron chi connectivity index (χ2n) is 3.99. The third kappa shape index (κ3) is 5.14. The molecule has 0 saturated carbocycles. The summed E-state index contributed by atoms with van der Waals surface area (Å²) < 4.78 is 12.9. The molecule has 0 aliphatic carbocycles. The monoisotopic (exact) mass is 241 g/mol. The SMILES string of the molecule is C=CN(CC(C)C)/C(N=C(C)F)=C(\N)C(=N)N. The van der Waals surface area contributed by atoms with Crippen molar-refractivity contribution in [2.75, 3.05) is 6.54 Å². The van der Waals surface area contributed by atoms with E-state index in [1.807, 2.05) is 13.8 Å². The van der Waals surface area contributed by atoms with E-state index in [9.17, 15) is 4.39 Å². The van der Waals surface area contributed by atoms with Gasteiger partial charge in [0.15, 0.2) is 11.8 Å². The molecule has 0 fully saturated rings. The van der Waals surface area contributed by atoms with Crippen LogP contribution in [0.5, 0.6) is 0 Å². The smallest absolute Gasteiger partial charge is 0.187 e. The second kappa shape index (κ2) is 6.67. The summed E-state index contributed by atoms with van der Waals surface area (Å²) in [5.74, 6) is -0.584. The summed E-state index contributed by atoms with van der Waals surface area (Å²) in [4.78, 5) is 5.23. The van der Waals surface area contributed by atoms with Gasteiger partial charge in [0, 0.05) is 13.5 Å². The van der Waals surface area contributed by atoms with Crippen molar-refractivity contribution in [1.29, 1.82) is 5.41 Å². The van der Waals surface area contributed by atoms with Gasteiger partial charge in [0.1, 0.15) is 11.5 Å². The zero-order valence-electron chi connectivity index (χ0n) is 10.5. The molecule has 0 radical (unpaired) electrons. The minimum Gasteiger partial charge on any atom is -0.393 e. The molecule has 5 nitrogen and oxygen atoms in total. The maximum Gasteiger partial charge on any atom is 0.187 e. The molecule has 0 spiro atoms. The van der Waals surface area contributed by atoms with Gasteiger partial charge in [-0.1, -0.05) is 20.4 Å². The van der Waals surface area contributed by atoms with Gasteiger partial charge in [-0.25, -0.2) is 4.99 Å². The maximum absolute atomic E-state index is 12.9. The first kappa shape index (κ1) is 15.2.